The van der Waals surface area contributed by atoms with E-state index in [1.54, 1.807) is 0 Å². The van der Waals surface area contributed by atoms with Crippen LogP contribution in [0, 0.1) is 0 Å². The summed E-state index contributed by atoms with van der Waals surface area (Å²) in [5, 5.41) is 3.95. The Hall–Kier alpha value is -0.810. The molecule has 0 fully saturated rings. The number of hydrogen-bond acceptors (Lipinski definition) is 5. The summed E-state index contributed by atoms with van der Waals surface area (Å²) < 4.78 is 9.07. The minimum absolute atomic E-state index is 0.0119. The van der Waals surface area contributed by atoms with Crippen LogP contribution in [0.1, 0.15) is 42.6 Å². The van der Waals surface area contributed by atoms with Crippen LogP contribution in [-0.4, -0.2) is 28.1 Å². The van der Waals surface area contributed by atoms with Gasteiger partial charge in [0, 0.05) is 0 Å². The number of ether oxygens (including phenoxy) is 1. The molecule has 15 heavy (non-hydrogen) atoms. The average Bonchev–Trinajstić information content (AvgIpc) is 2.63. The minimum Gasteiger partial charge on any atom is -0.371 e. The van der Waals surface area contributed by atoms with Gasteiger partial charge in [0.1, 0.15) is 11.5 Å². The maximum atomic E-state index is 11.7. The first-order chi connectivity index (χ1) is 7.15. The summed E-state index contributed by atoms with van der Waals surface area (Å²) >= 11 is 1.16. The van der Waals surface area contributed by atoms with Crippen LogP contribution in [0.15, 0.2) is 0 Å². The molecule has 0 saturated heterocycles. The second-order valence-electron chi connectivity index (χ2n) is 3.58. The van der Waals surface area contributed by atoms with Gasteiger partial charge >= 0.3 is 0 Å². The number of hydrogen-bond donors (Lipinski definition) is 0. The van der Waals surface area contributed by atoms with Gasteiger partial charge in [0.05, 0.1) is 11.8 Å². The van der Waals surface area contributed by atoms with Crippen molar-refractivity contribution in [3.05, 3.63) is 10.6 Å². The number of rotatable bonds is 6. The summed E-state index contributed by atoms with van der Waals surface area (Å²) in [5.41, 5.74) is 0.805. The summed E-state index contributed by atoms with van der Waals surface area (Å²) in [6.45, 7) is 5.99. The second-order valence-corrected chi connectivity index (χ2v) is 4.34. The van der Waals surface area contributed by atoms with Crippen molar-refractivity contribution in [2.75, 3.05) is 6.61 Å². The van der Waals surface area contributed by atoms with Crippen molar-refractivity contribution in [1.29, 1.82) is 0 Å². The molecule has 0 amide bonds. The highest BCUT2D eigenvalue weighted by molar-refractivity contribution is 7.08. The highest BCUT2D eigenvalue weighted by atomic mass is 32.1. The summed E-state index contributed by atoms with van der Waals surface area (Å²) in [6.07, 6.45) is 1.85. The first kappa shape index (κ1) is 12.3. The normalized spacial score (nSPS) is 10.9. The first-order valence-electron chi connectivity index (χ1n) is 5.11. The predicted octanol–water partition coefficient (Wildman–Crippen LogP) is 2.10. The molecule has 0 unspecified atom stereocenters. The van der Waals surface area contributed by atoms with Crippen molar-refractivity contribution in [2.45, 2.75) is 39.7 Å². The SMILES string of the molecule is CCCc1nnsc1C(=O)COC(C)C. The summed E-state index contributed by atoms with van der Waals surface area (Å²) in [7, 11) is 0. The maximum absolute atomic E-state index is 11.7. The van der Waals surface area contributed by atoms with Gasteiger partial charge in [-0.25, -0.2) is 0 Å². The lowest BCUT2D eigenvalue weighted by Gasteiger charge is -2.05. The molecule has 0 spiro atoms. The molecule has 0 radical (unpaired) electrons. The van der Waals surface area contributed by atoms with Crippen LogP contribution in [0.3, 0.4) is 0 Å². The zero-order chi connectivity index (χ0) is 11.3. The van der Waals surface area contributed by atoms with E-state index in [-0.39, 0.29) is 18.5 Å². The first-order valence-corrected chi connectivity index (χ1v) is 5.88. The molecular formula is C10H16N2O2S. The molecule has 5 heteroatoms. The van der Waals surface area contributed by atoms with Gasteiger partial charge < -0.3 is 4.74 Å². The Morgan fingerprint density at radius 3 is 2.87 bits per heavy atom. The van der Waals surface area contributed by atoms with Gasteiger partial charge in [0.2, 0.25) is 5.78 Å². The van der Waals surface area contributed by atoms with E-state index in [4.69, 9.17) is 4.74 Å². The Bertz CT molecular complexity index is 323. The Kier molecular flexibility index (Phi) is 4.84. The number of Topliss-reactive ketones (excluding diaryl/α,β-unsaturated/α-hetero) is 1. The van der Waals surface area contributed by atoms with Crippen molar-refractivity contribution >= 4 is 17.3 Å². The van der Waals surface area contributed by atoms with Crippen LogP contribution < -0.4 is 0 Å². The molecule has 0 aliphatic heterocycles. The molecule has 1 aromatic heterocycles. The van der Waals surface area contributed by atoms with Gasteiger partial charge in [0.15, 0.2) is 0 Å². The van der Waals surface area contributed by atoms with Gasteiger partial charge in [-0.2, -0.15) is 0 Å². The molecule has 4 nitrogen and oxygen atoms in total. The number of carbonyl (C=O) groups is 1. The van der Waals surface area contributed by atoms with E-state index in [1.807, 2.05) is 13.8 Å². The molecule has 1 aromatic rings. The van der Waals surface area contributed by atoms with E-state index in [0.29, 0.717) is 4.88 Å². The van der Waals surface area contributed by atoms with Gasteiger partial charge in [-0.1, -0.05) is 17.8 Å². The van der Waals surface area contributed by atoms with Crippen molar-refractivity contribution in [2.24, 2.45) is 0 Å². The van der Waals surface area contributed by atoms with Crippen LogP contribution in [-0.2, 0) is 11.2 Å². The lowest BCUT2D eigenvalue weighted by Crippen LogP contribution is -2.13. The van der Waals surface area contributed by atoms with Crippen LogP contribution in [0.5, 0.6) is 0 Å². The van der Waals surface area contributed by atoms with E-state index >= 15 is 0 Å². The topological polar surface area (TPSA) is 52.1 Å². The summed E-state index contributed by atoms with van der Waals surface area (Å²) in [6, 6.07) is 0. The minimum atomic E-state index is -0.0119. The summed E-state index contributed by atoms with van der Waals surface area (Å²) in [4.78, 5) is 12.4. The molecule has 0 aromatic carbocycles. The third kappa shape index (κ3) is 3.68. The van der Waals surface area contributed by atoms with E-state index in [2.05, 4.69) is 16.5 Å². The molecule has 1 heterocycles. The van der Waals surface area contributed by atoms with Crippen molar-refractivity contribution in [3.63, 3.8) is 0 Å². The standard InChI is InChI=1S/C10H16N2O2S/c1-4-5-8-10(15-12-11-8)9(13)6-14-7(2)3/h7H,4-6H2,1-3H3. The van der Waals surface area contributed by atoms with Crippen molar-refractivity contribution in [1.82, 2.24) is 9.59 Å². The zero-order valence-corrected chi connectivity index (χ0v) is 10.1. The number of aromatic nitrogens is 2. The van der Waals surface area contributed by atoms with E-state index < -0.39 is 0 Å². The molecule has 0 aliphatic carbocycles. The number of carbonyl (C=O) groups excluding carboxylic acids is 1. The zero-order valence-electron chi connectivity index (χ0n) is 9.32. The summed E-state index contributed by atoms with van der Waals surface area (Å²) in [5.74, 6) is -0.0119. The van der Waals surface area contributed by atoms with Crippen molar-refractivity contribution in [3.8, 4) is 0 Å². The fourth-order valence-electron chi connectivity index (χ4n) is 1.13. The molecule has 1 rings (SSSR count). The predicted molar refractivity (Wildman–Crippen MR) is 59.3 cm³/mol. The quantitative estimate of drug-likeness (QED) is 0.700. The van der Waals surface area contributed by atoms with Crippen LogP contribution in [0.4, 0.5) is 0 Å². The van der Waals surface area contributed by atoms with Gasteiger partial charge in [-0.05, 0) is 31.8 Å². The van der Waals surface area contributed by atoms with Gasteiger partial charge in [-0.15, -0.1) is 5.10 Å². The molecule has 84 valence electrons. The molecule has 0 aliphatic rings. The fraction of sp³-hybridized carbons (Fsp3) is 0.700. The van der Waals surface area contributed by atoms with E-state index in [1.165, 1.54) is 0 Å². The van der Waals surface area contributed by atoms with Crippen LogP contribution in [0.25, 0.3) is 0 Å². The third-order valence-corrected chi connectivity index (χ3v) is 2.65. The van der Waals surface area contributed by atoms with Crippen LogP contribution in [0.2, 0.25) is 0 Å². The number of ketones is 1. The highest BCUT2D eigenvalue weighted by Gasteiger charge is 2.15. The van der Waals surface area contributed by atoms with E-state index in [9.17, 15) is 4.79 Å². The Labute approximate surface area is 93.8 Å². The van der Waals surface area contributed by atoms with Gasteiger partial charge in [0.25, 0.3) is 0 Å². The molecular weight excluding hydrogens is 212 g/mol. The monoisotopic (exact) mass is 228 g/mol. The van der Waals surface area contributed by atoms with Crippen molar-refractivity contribution < 1.29 is 9.53 Å². The Balaban J connectivity index is 2.60. The lowest BCUT2D eigenvalue weighted by atomic mass is 10.2. The maximum Gasteiger partial charge on any atom is 0.201 e. The van der Waals surface area contributed by atoms with Crippen LogP contribution >= 0.6 is 11.5 Å². The molecule has 0 saturated carbocycles. The highest BCUT2D eigenvalue weighted by Crippen LogP contribution is 2.13. The molecule has 0 bridgehead atoms. The largest absolute Gasteiger partial charge is 0.371 e. The molecule has 0 atom stereocenters. The fourth-order valence-corrected chi connectivity index (χ4v) is 1.76. The third-order valence-electron chi connectivity index (χ3n) is 1.84. The number of aryl methyl sites for hydroxylation is 1. The smallest absolute Gasteiger partial charge is 0.201 e. The molecule has 0 N–H and O–H groups in total. The van der Waals surface area contributed by atoms with Gasteiger partial charge in [-0.3, -0.25) is 4.79 Å². The average molecular weight is 228 g/mol. The second kappa shape index (κ2) is 5.92. The lowest BCUT2D eigenvalue weighted by molar-refractivity contribution is 0.0587. The Morgan fingerprint density at radius 1 is 1.53 bits per heavy atom. The number of nitrogens with zero attached hydrogens (tertiary/aromatic N) is 2. The van der Waals surface area contributed by atoms with E-state index in [0.717, 1.165) is 30.1 Å². The Morgan fingerprint density at radius 2 is 2.27 bits per heavy atom.